The molecule has 2 saturated carbocycles. The van der Waals surface area contributed by atoms with Crippen molar-refractivity contribution in [3.8, 4) is 0 Å². The van der Waals surface area contributed by atoms with Gasteiger partial charge >= 0.3 is 0 Å². The van der Waals surface area contributed by atoms with Gasteiger partial charge in [-0.3, -0.25) is 4.79 Å². The minimum Gasteiger partial charge on any atom is -0.378 e. The predicted molar refractivity (Wildman–Crippen MR) is 129 cm³/mol. The van der Waals surface area contributed by atoms with Gasteiger partial charge in [0.25, 0.3) is 5.91 Å². The number of carbonyl (C=O) groups is 1. The molecular formula is C28H27ClN2O. The van der Waals surface area contributed by atoms with Gasteiger partial charge in [-0.25, -0.2) is 0 Å². The lowest BCUT2D eigenvalue weighted by Crippen LogP contribution is -2.35. The van der Waals surface area contributed by atoms with Crippen LogP contribution < -0.4 is 10.6 Å². The van der Waals surface area contributed by atoms with Crippen molar-refractivity contribution in [1.82, 2.24) is 5.32 Å². The first-order valence-electron chi connectivity index (χ1n) is 11.7. The van der Waals surface area contributed by atoms with Crippen molar-refractivity contribution >= 4 is 23.2 Å². The Kier molecular flexibility index (Phi) is 4.95. The molecule has 1 heterocycles. The Morgan fingerprint density at radius 1 is 0.969 bits per heavy atom. The van der Waals surface area contributed by atoms with E-state index in [-0.39, 0.29) is 5.91 Å². The fourth-order valence-corrected chi connectivity index (χ4v) is 6.63. The molecule has 4 heteroatoms. The van der Waals surface area contributed by atoms with Crippen LogP contribution in [0.2, 0.25) is 5.02 Å². The highest BCUT2D eigenvalue weighted by Crippen LogP contribution is 2.63. The van der Waals surface area contributed by atoms with E-state index in [0.717, 1.165) is 23.0 Å². The molecule has 3 aliphatic rings. The molecule has 32 heavy (non-hydrogen) atoms. The van der Waals surface area contributed by atoms with Crippen LogP contribution in [0.25, 0.3) is 0 Å². The Morgan fingerprint density at radius 3 is 2.56 bits per heavy atom. The first-order chi connectivity index (χ1) is 15.7. The lowest BCUT2D eigenvalue weighted by Gasteiger charge is -2.43. The van der Waals surface area contributed by atoms with Crippen molar-refractivity contribution < 1.29 is 4.79 Å². The standard InChI is InChI=1S/C28H27ClN2O/c29-22-11-6-17(7-12-22)16-30-28(32)21-10-13-24-23(15-21)25-19-8-9-20(14-19)26(25)27(31-24)18-4-2-1-3-5-18/h1-7,10-13,15,19-20,25-27,31H,8-9,14,16H2,(H,30,32)/t19-,20-,25-,26+,27+/m0/s1. The number of fused-ring (bicyclic) bond motifs is 7. The van der Waals surface area contributed by atoms with Crippen LogP contribution in [0.4, 0.5) is 5.69 Å². The van der Waals surface area contributed by atoms with E-state index < -0.39 is 0 Å². The molecule has 1 amide bonds. The summed E-state index contributed by atoms with van der Waals surface area (Å²) in [5, 5.41) is 7.63. The first-order valence-corrected chi connectivity index (χ1v) is 12.0. The molecule has 2 aliphatic carbocycles. The van der Waals surface area contributed by atoms with Gasteiger partial charge in [0.1, 0.15) is 0 Å². The van der Waals surface area contributed by atoms with Gasteiger partial charge in [-0.15, -0.1) is 0 Å². The minimum absolute atomic E-state index is 0.0207. The van der Waals surface area contributed by atoms with E-state index >= 15 is 0 Å². The summed E-state index contributed by atoms with van der Waals surface area (Å²) < 4.78 is 0. The van der Waals surface area contributed by atoms with Gasteiger partial charge < -0.3 is 10.6 Å². The zero-order valence-electron chi connectivity index (χ0n) is 17.9. The van der Waals surface area contributed by atoms with Gasteiger partial charge in [-0.1, -0.05) is 54.1 Å². The first kappa shape index (κ1) is 19.9. The van der Waals surface area contributed by atoms with Crippen LogP contribution in [0.1, 0.15) is 58.3 Å². The van der Waals surface area contributed by atoms with Crippen LogP contribution in [0.15, 0.2) is 72.8 Å². The van der Waals surface area contributed by atoms with Crippen LogP contribution in [-0.4, -0.2) is 5.91 Å². The number of hydrogen-bond donors (Lipinski definition) is 2. The molecule has 162 valence electrons. The van der Waals surface area contributed by atoms with Crippen LogP contribution >= 0.6 is 11.6 Å². The summed E-state index contributed by atoms with van der Waals surface area (Å²) in [6.45, 7) is 0.498. The molecule has 2 N–H and O–H groups in total. The Morgan fingerprint density at radius 2 is 1.75 bits per heavy atom. The van der Waals surface area contributed by atoms with E-state index in [1.165, 1.54) is 36.1 Å². The summed E-state index contributed by atoms with van der Waals surface area (Å²) in [4.78, 5) is 13.0. The van der Waals surface area contributed by atoms with Crippen molar-refractivity contribution in [2.75, 3.05) is 5.32 Å². The summed E-state index contributed by atoms with van der Waals surface area (Å²) in [7, 11) is 0. The number of rotatable bonds is 4. The van der Waals surface area contributed by atoms with Crippen LogP contribution in [0.5, 0.6) is 0 Å². The fraction of sp³-hybridized carbons (Fsp3) is 0.321. The number of hydrogen-bond acceptors (Lipinski definition) is 2. The molecule has 2 fully saturated rings. The Hall–Kier alpha value is -2.78. The zero-order chi connectivity index (χ0) is 21.7. The van der Waals surface area contributed by atoms with Crippen molar-refractivity contribution in [2.45, 2.75) is 37.8 Å². The summed E-state index contributed by atoms with van der Waals surface area (Å²) in [5.74, 6) is 2.64. The molecule has 3 aromatic carbocycles. The van der Waals surface area contributed by atoms with Crippen molar-refractivity contribution in [3.05, 3.63) is 100 Å². The van der Waals surface area contributed by atoms with Gasteiger partial charge in [-0.2, -0.15) is 0 Å². The van der Waals surface area contributed by atoms with Crippen LogP contribution in [0, 0.1) is 17.8 Å². The molecule has 1 aliphatic heterocycles. The lowest BCUT2D eigenvalue weighted by molar-refractivity contribution is 0.0950. The largest absolute Gasteiger partial charge is 0.378 e. The van der Waals surface area contributed by atoms with Gasteiger partial charge in [0.15, 0.2) is 0 Å². The average Bonchev–Trinajstić information content (AvgIpc) is 3.46. The number of anilines is 1. The fourth-order valence-electron chi connectivity index (χ4n) is 6.50. The van der Waals surface area contributed by atoms with Crippen molar-refractivity contribution in [3.63, 3.8) is 0 Å². The molecule has 0 saturated heterocycles. The van der Waals surface area contributed by atoms with E-state index in [2.05, 4.69) is 53.1 Å². The second kappa shape index (κ2) is 7.97. The summed E-state index contributed by atoms with van der Waals surface area (Å²) >= 11 is 5.96. The summed E-state index contributed by atoms with van der Waals surface area (Å²) in [6.07, 6.45) is 3.99. The SMILES string of the molecule is O=C(NCc1ccc(Cl)cc1)c1ccc2c(c1)[C@@H]1[C@H]3CC[C@@H](C3)[C@H]1[C@@H](c1ccccc1)N2. The predicted octanol–water partition coefficient (Wildman–Crippen LogP) is 6.57. The highest BCUT2D eigenvalue weighted by molar-refractivity contribution is 6.30. The maximum absolute atomic E-state index is 13.0. The van der Waals surface area contributed by atoms with E-state index in [9.17, 15) is 4.79 Å². The van der Waals surface area contributed by atoms with Gasteiger partial charge in [-0.05, 0) is 90.0 Å². The van der Waals surface area contributed by atoms with Crippen LogP contribution in [-0.2, 0) is 6.54 Å². The lowest BCUT2D eigenvalue weighted by atomic mass is 9.68. The van der Waals surface area contributed by atoms with Crippen molar-refractivity contribution in [2.24, 2.45) is 17.8 Å². The number of amides is 1. The summed E-state index contributed by atoms with van der Waals surface area (Å²) in [6, 6.07) is 25.1. The second-order valence-electron chi connectivity index (χ2n) is 9.58. The molecule has 0 radical (unpaired) electrons. The van der Waals surface area contributed by atoms with Crippen molar-refractivity contribution in [1.29, 1.82) is 0 Å². The third kappa shape index (κ3) is 3.40. The van der Waals surface area contributed by atoms with Gasteiger partial charge in [0.05, 0.1) is 6.04 Å². The number of benzene rings is 3. The Labute approximate surface area is 194 Å². The quantitative estimate of drug-likeness (QED) is 0.480. The molecule has 5 atom stereocenters. The molecule has 0 spiro atoms. The van der Waals surface area contributed by atoms with Gasteiger partial charge in [0, 0.05) is 22.8 Å². The molecule has 0 aromatic heterocycles. The third-order valence-electron chi connectivity index (χ3n) is 7.87. The summed E-state index contributed by atoms with van der Waals surface area (Å²) in [5.41, 5.74) is 5.71. The number of nitrogens with one attached hydrogen (secondary N) is 2. The maximum Gasteiger partial charge on any atom is 0.251 e. The van der Waals surface area contributed by atoms with E-state index in [4.69, 9.17) is 11.6 Å². The van der Waals surface area contributed by atoms with E-state index in [1.54, 1.807) is 0 Å². The van der Waals surface area contributed by atoms with Gasteiger partial charge in [0.2, 0.25) is 0 Å². The van der Waals surface area contributed by atoms with Crippen LogP contribution in [0.3, 0.4) is 0 Å². The second-order valence-corrected chi connectivity index (χ2v) is 10.0. The van der Waals surface area contributed by atoms with E-state index in [1.807, 2.05) is 30.3 Å². The molecule has 3 nitrogen and oxygen atoms in total. The van der Waals surface area contributed by atoms with E-state index in [0.29, 0.717) is 29.4 Å². The highest BCUT2D eigenvalue weighted by atomic mass is 35.5. The Bertz CT molecular complexity index is 1140. The average molecular weight is 443 g/mol. The third-order valence-corrected chi connectivity index (χ3v) is 8.13. The zero-order valence-corrected chi connectivity index (χ0v) is 18.7. The smallest absolute Gasteiger partial charge is 0.251 e. The molecule has 6 rings (SSSR count). The monoisotopic (exact) mass is 442 g/mol. The minimum atomic E-state index is -0.0207. The highest BCUT2D eigenvalue weighted by Gasteiger charge is 2.53. The molecular weight excluding hydrogens is 416 g/mol. The Balaban J connectivity index is 1.28. The molecule has 2 bridgehead atoms. The molecule has 3 aromatic rings. The number of carbonyl (C=O) groups excluding carboxylic acids is 1. The maximum atomic E-state index is 13.0. The molecule has 0 unspecified atom stereocenters. The number of halogens is 1. The normalized spacial score (nSPS) is 27.3. The topological polar surface area (TPSA) is 41.1 Å².